The lowest BCUT2D eigenvalue weighted by atomic mass is 9.97. The smallest absolute Gasteiger partial charge is 0.277 e. The lowest BCUT2D eigenvalue weighted by Gasteiger charge is -2.22. The Kier molecular flexibility index (Phi) is 5.61. The van der Waals surface area contributed by atoms with Gasteiger partial charge in [-0.15, -0.1) is 0 Å². The fourth-order valence-electron chi connectivity index (χ4n) is 3.73. The molecule has 0 N–H and O–H groups in total. The Hall–Kier alpha value is -3.44. The number of aromatic nitrogens is 2. The van der Waals surface area contributed by atoms with Crippen LogP contribution in [0.25, 0.3) is 22.0 Å². The van der Waals surface area contributed by atoms with Gasteiger partial charge in [0.25, 0.3) is 11.5 Å². The third-order valence-corrected chi connectivity index (χ3v) is 5.78. The van der Waals surface area contributed by atoms with E-state index in [4.69, 9.17) is 11.6 Å². The van der Waals surface area contributed by atoms with E-state index < -0.39 is 0 Å². The van der Waals surface area contributed by atoms with E-state index in [1.54, 1.807) is 37.3 Å². The molecule has 6 heteroatoms. The van der Waals surface area contributed by atoms with Crippen molar-refractivity contribution in [1.82, 2.24) is 14.5 Å². The minimum absolute atomic E-state index is 0.263. The highest BCUT2D eigenvalue weighted by atomic mass is 35.5. The van der Waals surface area contributed by atoms with E-state index in [0.29, 0.717) is 33.7 Å². The van der Waals surface area contributed by atoms with Gasteiger partial charge in [-0.1, -0.05) is 65.7 Å². The minimum atomic E-state index is -0.305. The molecule has 2 aromatic heterocycles. The van der Waals surface area contributed by atoms with Crippen LogP contribution in [0.15, 0.2) is 71.7 Å². The molecule has 0 saturated carbocycles. The van der Waals surface area contributed by atoms with Gasteiger partial charge in [0, 0.05) is 42.8 Å². The lowest BCUT2D eigenvalue weighted by molar-refractivity contribution is 0.0775. The van der Waals surface area contributed by atoms with Crippen LogP contribution in [-0.2, 0) is 13.6 Å². The van der Waals surface area contributed by atoms with E-state index in [-0.39, 0.29) is 11.5 Å². The Balaban J connectivity index is 1.92. The monoisotopic (exact) mass is 431 g/mol. The highest BCUT2D eigenvalue weighted by molar-refractivity contribution is 6.31. The number of pyridine rings is 2. The van der Waals surface area contributed by atoms with Crippen molar-refractivity contribution >= 4 is 28.4 Å². The molecule has 0 aliphatic carbocycles. The van der Waals surface area contributed by atoms with Gasteiger partial charge in [-0.05, 0) is 30.2 Å². The van der Waals surface area contributed by atoms with Crippen LogP contribution in [0.5, 0.6) is 0 Å². The van der Waals surface area contributed by atoms with Crippen LogP contribution >= 0.6 is 11.6 Å². The zero-order valence-corrected chi connectivity index (χ0v) is 18.3. The van der Waals surface area contributed by atoms with Crippen molar-refractivity contribution in [2.45, 2.75) is 13.5 Å². The van der Waals surface area contributed by atoms with Gasteiger partial charge >= 0.3 is 0 Å². The molecule has 2 aromatic carbocycles. The molecule has 156 valence electrons. The number of hydrogen-bond acceptors (Lipinski definition) is 3. The second kappa shape index (κ2) is 8.36. The summed E-state index contributed by atoms with van der Waals surface area (Å²) < 4.78 is 1.40. The predicted octanol–water partition coefficient (Wildman–Crippen LogP) is 4.83. The summed E-state index contributed by atoms with van der Waals surface area (Å²) in [6, 6.07) is 18.9. The van der Waals surface area contributed by atoms with E-state index in [1.165, 1.54) is 4.57 Å². The fourth-order valence-corrected chi connectivity index (χ4v) is 3.93. The normalized spacial score (nSPS) is 11.0. The SMILES string of the molecule is Cc1ccc(-c2c(C(=O)N(C)Cc3ccccc3Cl)n(C)c(=O)c3ncccc23)cc1. The van der Waals surface area contributed by atoms with Crippen LogP contribution in [0.2, 0.25) is 5.02 Å². The molecule has 1 amide bonds. The summed E-state index contributed by atoms with van der Waals surface area (Å²) in [6.07, 6.45) is 1.59. The summed E-state index contributed by atoms with van der Waals surface area (Å²) in [5.74, 6) is -0.263. The summed E-state index contributed by atoms with van der Waals surface area (Å²) in [5, 5.41) is 1.25. The molecule has 0 unspecified atom stereocenters. The Bertz CT molecular complexity index is 1340. The van der Waals surface area contributed by atoms with E-state index in [9.17, 15) is 9.59 Å². The highest BCUT2D eigenvalue weighted by Crippen LogP contribution is 2.31. The quantitative estimate of drug-likeness (QED) is 0.465. The maximum Gasteiger partial charge on any atom is 0.277 e. The average Bonchev–Trinajstić information content (AvgIpc) is 2.78. The molecule has 0 fully saturated rings. The average molecular weight is 432 g/mol. The van der Waals surface area contributed by atoms with Crippen molar-refractivity contribution in [3.8, 4) is 11.1 Å². The maximum atomic E-state index is 13.6. The Morgan fingerprint density at radius 1 is 1.06 bits per heavy atom. The van der Waals surface area contributed by atoms with Crippen LogP contribution < -0.4 is 5.56 Å². The van der Waals surface area contributed by atoms with Gasteiger partial charge in [0.2, 0.25) is 0 Å². The third kappa shape index (κ3) is 3.84. The van der Waals surface area contributed by atoms with Crippen molar-refractivity contribution in [3.05, 3.63) is 99.1 Å². The fraction of sp³-hybridized carbons (Fsp3) is 0.160. The molecule has 2 heterocycles. The van der Waals surface area contributed by atoms with Crippen LogP contribution in [0.4, 0.5) is 0 Å². The second-order valence-corrected chi connectivity index (χ2v) is 8.01. The third-order valence-electron chi connectivity index (χ3n) is 5.41. The van der Waals surface area contributed by atoms with Crippen molar-refractivity contribution in [1.29, 1.82) is 0 Å². The first-order chi connectivity index (χ1) is 14.9. The van der Waals surface area contributed by atoms with E-state index in [2.05, 4.69) is 4.98 Å². The lowest BCUT2D eigenvalue weighted by Crippen LogP contribution is -2.33. The molecule has 4 aromatic rings. The molecular formula is C25H22ClN3O2. The van der Waals surface area contributed by atoms with Gasteiger partial charge in [-0.25, -0.2) is 0 Å². The number of amides is 1. The molecule has 31 heavy (non-hydrogen) atoms. The molecular weight excluding hydrogens is 410 g/mol. The molecule has 0 bridgehead atoms. The number of carbonyl (C=O) groups is 1. The van der Waals surface area contributed by atoms with Gasteiger partial charge in [0.05, 0.1) is 0 Å². The number of aryl methyl sites for hydroxylation is 1. The topological polar surface area (TPSA) is 55.2 Å². The highest BCUT2D eigenvalue weighted by Gasteiger charge is 2.25. The molecule has 0 aliphatic rings. The van der Waals surface area contributed by atoms with Crippen molar-refractivity contribution < 1.29 is 4.79 Å². The first kappa shape index (κ1) is 20.8. The number of fused-ring (bicyclic) bond motifs is 1. The zero-order chi connectivity index (χ0) is 22.1. The van der Waals surface area contributed by atoms with Gasteiger partial charge in [0.1, 0.15) is 11.2 Å². The molecule has 0 atom stereocenters. The molecule has 0 aliphatic heterocycles. The van der Waals surface area contributed by atoms with Crippen LogP contribution in [-0.4, -0.2) is 27.4 Å². The van der Waals surface area contributed by atoms with Gasteiger partial charge in [0.15, 0.2) is 0 Å². The van der Waals surface area contributed by atoms with Crippen molar-refractivity contribution in [2.24, 2.45) is 7.05 Å². The molecule has 5 nitrogen and oxygen atoms in total. The number of nitrogens with zero attached hydrogens (tertiary/aromatic N) is 3. The predicted molar refractivity (Wildman–Crippen MR) is 124 cm³/mol. The number of rotatable bonds is 4. The number of carbonyl (C=O) groups excluding carboxylic acids is 1. The summed E-state index contributed by atoms with van der Waals surface area (Å²) >= 11 is 6.29. The molecule has 0 saturated heterocycles. The largest absolute Gasteiger partial charge is 0.336 e. The standard InChI is InChI=1S/C25H22ClN3O2/c1-16-10-12-17(13-11-16)21-19-8-6-14-27-22(19)24(30)29(3)23(21)25(31)28(2)15-18-7-4-5-9-20(18)26/h4-14H,15H2,1-3H3. The van der Waals surface area contributed by atoms with Gasteiger partial charge in [-0.3, -0.25) is 14.6 Å². The first-order valence-corrected chi connectivity index (χ1v) is 10.3. The summed E-state index contributed by atoms with van der Waals surface area (Å²) in [5.41, 5.74) is 3.86. The summed E-state index contributed by atoms with van der Waals surface area (Å²) in [4.78, 5) is 32.5. The Labute approximate surface area is 185 Å². The minimum Gasteiger partial charge on any atom is -0.336 e. The van der Waals surface area contributed by atoms with Crippen LogP contribution in [0.3, 0.4) is 0 Å². The van der Waals surface area contributed by atoms with Crippen LogP contribution in [0.1, 0.15) is 21.6 Å². The van der Waals surface area contributed by atoms with E-state index >= 15 is 0 Å². The van der Waals surface area contributed by atoms with Crippen molar-refractivity contribution in [2.75, 3.05) is 7.05 Å². The van der Waals surface area contributed by atoms with Gasteiger partial charge in [-0.2, -0.15) is 0 Å². The maximum absolute atomic E-state index is 13.6. The first-order valence-electron chi connectivity index (χ1n) is 9.92. The molecule has 0 radical (unpaired) electrons. The molecule has 4 rings (SSSR count). The second-order valence-electron chi connectivity index (χ2n) is 7.61. The summed E-state index contributed by atoms with van der Waals surface area (Å²) in [7, 11) is 3.33. The van der Waals surface area contributed by atoms with Crippen LogP contribution in [0, 0.1) is 6.92 Å². The Morgan fingerprint density at radius 3 is 2.48 bits per heavy atom. The Morgan fingerprint density at radius 2 is 1.77 bits per heavy atom. The summed E-state index contributed by atoms with van der Waals surface area (Å²) in [6.45, 7) is 2.33. The number of halogens is 1. The molecule has 0 spiro atoms. The van der Waals surface area contributed by atoms with Crippen molar-refractivity contribution in [3.63, 3.8) is 0 Å². The zero-order valence-electron chi connectivity index (χ0n) is 17.6. The number of hydrogen-bond donors (Lipinski definition) is 0. The number of benzene rings is 2. The van der Waals surface area contributed by atoms with E-state index in [0.717, 1.165) is 16.7 Å². The van der Waals surface area contributed by atoms with E-state index in [1.807, 2.05) is 55.5 Å². The van der Waals surface area contributed by atoms with Gasteiger partial charge < -0.3 is 9.47 Å².